The lowest BCUT2D eigenvalue weighted by atomic mass is 9.89. The highest BCUT2D eigenvalue weighted by Crippen LogP contribution is 2.41. The molecule has 0 fully saturated rings. The van der Waals surface area contributed by atoms with E-state index in [1.54, 1.807) is 7.11 Å². The summed E-state index contributed by atoms with van der Waals surface area (Å²) in [4.78, 5) is 12.6. The van der Waals surface area contributed by atoms with E-state index >= 15 is 0 Å². The van der Waals surface area contributed by atoms with Gasteiger partial charge in [-0.1, -0.05) is 31.2 Å². The molecule has 1 heterocycles. The third-order valence-electron chi connectivity index (χ3n) is 4.81. The zero-order valence-corrected chi connectivity index (χ0v) is 16.0. The second-order valence-electron chi connectivity index (χ2n) is 7.44. The number of fused-ring (bicyclic) bond motifs is 1. The Morgan fingerprint density at radius 3 is 2.54 bits per heavy atom. The number of hydrogen-bond donors (Lipinski definition) is 1. The molecule has 1 atom stereocenters. The Balaban J connectivity index is 1.76. The fraction of sp³-hybridized carbons (Fsp3) is 0.409. The lowest BCUT2D eigenvalue weighted by Gasteiger charge is -2.38. The van der Waals surface area contributed by atoms with Crippen molar-refractivity contribution in [3.05, 3.63) is 59.2 Å². The Labute approximate surface area is 155 Å². The topological polar surface area (TPSA) is 47.6 Å². The predicted octanol–water partition coefficient (Wildman–Crippen LogP) is 4.22. The van der Waals surface area contributed by atoms with Gasteiger partial charge in [0.2, 0.25) is 5.91 Å². The number of carbonyl (C=O) groups is 1. The summed E-state index contributed by atoms with van der Waals surface area (Å²) in [5.41, 5.74) is 2.94. The van der Waals surface area contributed by atoms with E-state index in [1.807, 2.05) is 44.2 Å². The molecule has 1 N–H and O–H groups in total. The quantitative estimate of drug-likeness (QED) is 0.875. The number of nitrogens with one attached hydrogen (secondary N) is 1. The number of rotatable bonds is 5. The molecule has 1 aliphatic heterocycles. The molecular weight excluding hydrogens is 326 g/mol. The van der Waals surface area contributed by atoms with E-state index in [2.05, 4.69) is 24.4 Å². The molecule has 2 aromatic rings. The van der Waals surface area contributed by atoms with Crippen molar-refractivity contribution in [3.8, 4) is 11.5 Å². The van der Waals surface area contributed by atoms with Gasteiger partial charge in [0, 0.05) is 12.0 Å². The van der Waals surface area contributed by atoms with Gasteiger partial charge in [-0.05, 0) is 49.6 Å². The molecule has 0 saturated carbocycles. The summed E-state index contributed by atoms with van der Waals surface area (Å²) in [7, 11) is 1.64. The number of amides is 1. The van der Waals surface area contributed by atoms with E-state index in [9.17, 15) is 4.79 Å². The van der Waals surface area contributed by atoms with Gasteiger partial charge >= 0.3 is 0 Å². The Hall–Kier alpha value is -2.49. The molecule has 138 valence electrons. The van der Waals surface area contributed by atoms with E-state index in [-0.39, 0.29) is 17.6 Å². The molecule has 0 saturated heterocycles. The first-order valence-corrected chi connectivity index (χ1v) is 9.14. The molecule has 1 amide bonds. The fourth-order valence-corrected chi connectivity index (χ4v) is 3.41. The van der Waals surface area contributed by atoms with Gasteiger partial charge in [-0.3, -0.25) is 4.79 Å². The molecule has 26 heavy (non-hydrogen) atoms. The predicted molar refractivity (Wildman–Crippen MR) is 103 cm³/mol. The maximum atomic E-state index is 12.6. The van der Waals surface area contributed by atoms with E-state index in [0.29, 0.717) is 12.8 Å². The minimum absolute atomic E-state index is 0.0192. The molecule has 3 rings (SSSR count). The van der Waals surface area contributed by atoms with Crippen molar-refractivity contribution in [2.45, 2.75) is 51.7 Å². The Morgan fingerprint density at radius 1 is 1.19 bits per heavy atom. The number of carbonyl (C=O) groups excluding carboxylic acids is 1. The molecule has 0 aromatic heterocycles. The number of ether oxygens (including phenoxy) is 2. The standard InChI is InChI=1S/C22H27NO3/c1-5-15-6-8-16(9-7-15)12-21(24)23-19-14-22(2,3)26-20-11-10-17(25-4)13-18(19)20/h6-11,13,19H,5,12,14H2,1-4H3,(H,23,24)/t19-/m0/s1. The Kier molecular flexibility index (Phi) is 5.21. The first kappa shape index (κ1) is 18.3. The van der Waals surface area contributed by atoms with Gasteiger partial charge in [-0.15, -0.1) is 0 Å². The van der Waals surface area contributed by atoms with Gasteiger partial charge in [-0.25, -0.2) is 0 Å². The summed E-state index contributed by atoms with van der Waals surface area (Å²) in [6.45, 7) is 6.21. The van der Waals surface area contributed by atoms with Crippen molar-refractivity contribution in [1.29, 1.82) is 0 Å². The molecule has 0 radical (unpaired) electrons. The average Bonchev–Trinajstić information content (AvgIpc) is 2.61. The minimum atomic E-state index is -0.331. The van der Waals surface area contributed by atoms with Gasteiger partial charge in [0.25, 0.3) is 0 Å². The normalized spacial score (nSPS) is 17.8. The zero-order chi connectivity index (χ0) is 18.7. The Morgan fingerprint density at radius 2 is 1.88 bits per heavy atom. The molecular formula is C22H27NO3. The van der Waals surface area contributed by atoms with Gasteiger partial charge in [0.05, 0.1) is 19.6 Å². The summed E-state index contributed by atoms with van der Waals surface area (Å²) >= 11 is 0. The van der Waals surface area contributed by atoms with Crippen LogP contribution in [0.2, 0.25) is 0 Å². The van der Waals surface area contributed by atoms with Gasteiger partial charge in [0.1, 0.15) is 17.1 Å². The molecule has 1 aliphatic rings. The van der Waals surface area contributed by atoms with Crippen molar-refractivity contribution < 1.29 is 14.3 Å². The maximum Gasteiger partial charge on any atom is 0.224 e. The van der Waals surface area contributed by atoms with Crippen LogP contribution >= 0.6 is 0 Å². The fourth-order valence-electron chi connectivity index (χ4n) is 3.41. The molecule has 0 aliphatic carbocycles. The van der Waals surface area contributed by atoms with Crippen molar-refractivity contribution in [1.82, 2.24) is 5.32 Å². The minimum Gasteiger partial charge on any atom is -0.497 e. The number of methoxy groups -OCH3 is 1. The van der Waals surface area contributed by atoms with Crippen molar-refractivity contribution in [2.24, 2.45) is 0 Å². The molecule has 0 bridgehead atoms. The SMILES string of the molecule is CCc1ccc(CC(=O)N[C@H]2CC(C)(C)Oc3ccc(OC)cc32)cc1. The van der Waals surface area contributed by atoms with E-state index in [0.717, 1.165) is 29.0 Å². The highest BCUT2D eigenvalue weighted by molar-refractivity contribution is 5.79. The average molecular weight is 353 g/mol. The van der Waals surface area contributed by atoms with Crippen LogP contribution in [0.4, 0.5) is 0 Å². The van der Waals surface area contributed by atoms with E-state index in [4.69, 9.17) is 9.47 Å². The molecule has 0 unspecified atom stereocenters. The first-order valence-electron chi connectivity index (χ1n) is 9.14. The highest BCUT2D eigenvalue weighted by Gasteiger charge is 2.34. The first-order chi connectivity index (χ1) is 12.4. The van der Waals surface area contributed by atoms with Crippen LogP contribution in [0.1, 0.15) is 49.9 Å². The molecule has 2 aromatic carbocycles. The molecule has 4 nitrogen and oxygen atoms in total. The van der Waals surface area contributed by atoms with Crippen LogP contribution in [0.3, 0.4) is 0 Å². The van der Waals surface area contributed by atoms with Gasteiger partial charge in [0.15, 0.2) is 0 Å². The number of hydrogen-bond acceptors (Lipinski definition) is 3. The largest absolute Gasteiger partial charge is 0.497 e. The van der Waals surface area contributed by atoms with Crippen LogP contribution in [0, 0.1) is 0 Å². The highest BCUT2D eigenvalue weighted by atomic mass is 16.5. The summed E-state index contributed by atoms with van der Waals surface area (Å²) in [5, 5.41) is 3.18. The van der Waals surface area contributed by atoms with Crippen LogP contribution < -0.4 is 14.8 Å². The third-order valence-corrected chi connectivity index (χ3v) is 4.81. The third kappa shape index (κ3) is 4.18. The van der Waals surface area contributed by atoms with Crippen molar-refractivity contribution in [3.63, 3.8) is 0 Å². The number of aryl methyl sites for hydroxylation is 1. The van der Waals surface area contributed by atoms with Crippen LogP contribution in [-0.2, 0) is 17.6 Å². The van der Waals surface area contributed by atoms with Crippen LogP contribution in [0.25, 0.3) is 0 Å². The van der Waals surface area contributed by atoms with Gasteiger partial charge in [-0.2, -0.15) is 0 Å². The lowest BCUT2D eigenvalue weighted by molar-refractivity contribution is -0.121. The zero-order valence-electron chi connectivity index (χ0n) is 16.0. The van der Waals surface area contributed by atoms with Crippen LogP contribution in [-0.4, -0.2) is 18.6 Å². The van der Waals surface area contributed by atoms with Crippen molar-refractivity contribution in [2.75, 3.05) is 7.11 Å². The second-order valence-corrected chi connectivity index (χ2v) is 7.44. The van der Waals surface area contributed by atoms with Crippen molar-refractivity contribution >= 4 is 5.91 Å². The van der Waals surface area contributed by atoms with Crippen LogP contribution in [0.15, 0.2) is 42.5 Å². The molecule has 4 heteroatoms. The van der Waals surface area contributed by atoms with Crippen LogP contribution in [0.5, 0.6) is 11.5 Å². The van der Waals surface area contributed by atoms with E-state index in [1.165, 1.54) is 5.56 Å². The number of benzene rings is 2. The summed E-state index contributed by atoms with van der Waals surface area (Å²) in [6.07, 6.45) is 2.09. The summed E-state index contributed by atoms with van der Waals surface area (Å²) in [6, 6.07) is 13.9. The Bertz CT molecular complexity index is 780. The maximum absolute atomic E-state index is 12.6. The van der Waals surface area contributed by atoms with Gasteiger partial charge < -0.3 is 14.8 Å². The second kappa shape index (κ2) is 7.40. The van der Waals surface area contributed by atoms with E-state index < -0.39 is 0 Å². The smallest absolute Gasteiger partial charge is 0.224 e. The monoisotopic (exact) mass is 353 g/mol. The lowest BCUT2D eigenvalue weighted by Crippen LogP contribution is -2.41. The molecule has 0 spiro atoms. The summed E-state index contributed by atoms with van der Waals surface area (Å²) in [5.74, 6) is 1.59. The summed E-state index contributed by atoms with van der Waals surface area (Å²) < 4.78 is 11.4.